The highest BCUT2D eigenvalue weighted by Gasteiger charge is 2.23. The molecule has 0 aromatic rings. The number of hydrogen-bond acceptors (Lipinski definition) is 1. The molecular weight excluding hydrogens is 206 g/mol. The van der Waals surface area contributed by atoms with E-state index in [1.807, 2.05) is 0 Å². The van der Waals surface area contributed by atoms with Crippen molar-refractivity contribution in [3.05, 3.63) is 12.3 Å². The normalized spacial score (nSPS) is 21.3. The predicted octanol–water partition coefficient (Wildman–Crippen LogP) is 4.69. The topological polar surface area (TPSA) is 3.24 Å². The Bertz CT molecular complexity index is 226. The summed E-state index contributed by atoms with van der Waals surface area (Å²) >= 11 is 0. The molecule has 0 aromatic carbocycles. The summed E-state index contributed by atoms with van der Waals surface area (Å²) in [6, 6.07) is 0. The second kappa shape index (κ2) is 7.08. The van der Waals surface area contributed by atoms with Crippen LogP contribution in [0.25, 0.3) is 0 Å². The second-order valence-electron chi connectivity index (χ2n) is 5.88. The van der Waals surface area contributed by atoms with Crippen LogP contribution in [0.1, 0.15) is 59.8 Å². The molecule has 0 radical (unpaired) electrons. The fourth-order valence-electron chi connectivity index (χ4n) is 2.95. The maximum Gasteiger partial charge on any atom is 0.0177 e. The maximum atomic E-state index is 4.36. The number of likely N-dealkylation sites (tertiary alicyclic amines) is 1. The molecule has 1 nitrogen and oxygen atoms in total. The first-order valence-corrected chi connectivity index (χ1v) is 7.53. The van der Waals surface area contributed by atoms with E-state index in [0.717, 1.165) is 11.8 Å². The lowest BCUT2D eigenvalue weighted by atomic mass is 9.87. The molecule has 0 aromatic heterocycles. The van der Waals surface area contributed by atoms with Gasteiger partial charge < -0.3 is 4.90 Å². The van der Waals surface area contributed by atoms with Crippen molar-refractivity contribution in [2.45, 2.75) is 59.8 Å². The van der Waals surface area contributed by atoms with Gasteiger partial charge in [0.05, 0.1) is 0 Å². The molecule has 1 heteroatoms. The average Bonchev–Trinajstić information content (AvgIpc) is 2.37. The Morgan fingerprint density at radius 1 is 1.24 bits per heavy atom. The number of hydrogen-bond donors (Lipinski definition) is 0. The van der Waals surface area contributed by atoms with Gasteiger partial charge in [0, 0.05) is 18.8 Å². The molecule has 0 saturated carbocycles. The molecule has 0 spiro atoms. The van der Waals surface area contributed by atoms with E-state index in [1.54, 1.807) is 0 Å². The van der Waals surface area contributed by atoms with Gasteiger partial charge in [-0.2, -0.15) is 0 Å². The van der Waals surface area contributed by atoms with E-state index in [1.165, 1.54) is 50.9 Å². The summed E-state index contributed by atoms with van der Waals surface area (Å²) in [6.45, 7) is 16.2. The number of nitrogens with zero attached hydrogens (tertiary/aromatic N) is 1. The van der Waals surface area contributed by atoms with Gasteiger partial charge in [-0.3, -0.25) is 0 Å². The Morgan fingerprint density at radius 2 is 1.82 bits per heavy atom. The summed E-state index contributed by atoms with van der Waals surface area (Å²) in [6.07, 6.45) is 6.69. The molecule has 0 N–H and O–H groups in total. The van der Waals surface area contributed by atoms with Crippen LogP contribution >= 0.6 is 0 Å². The lowest BCUT2D eigenvalue weighted by molar-refractivity contribution is 0.193. The van der Waals surface area contributed by atoms with Gasteiger partial charge in [-0.1, -0.05) is 53.5 Å². The van der Waals surface area contributed by atoms with Gasteiger partial charge in [-0.05, 0) is 30.6 Å². The third-order valence-electron chi connectivity index (χ3n) is 4.72. The first-order valence-electron chi connectivity index (χ1n) is 7.53. The Kier molecular flexibility index (Phi) is 6.08. The largest absolute Gasteiger partial charge is 0.375 e. The van der Waals surface area contributed by atoms with E-state index in [-0.39, 0.29) is 0 Å². The first-order chi connectivity index (χ1) is 8.10. The molecule has 2 unspecified atom stereocenters. The summed E-state index contributed by atoms with van der Waals surface area (Å²) in [5.74, 6) is 2.38. The zero-order chi connectivity index (χ0) is 12.8. The summed E-state index contributed by atoms with van der Waals surface area (Å²) < 4.78 is 0. The molecule has 1 heterocycles. The predicted molar refractivity (Wildman–Crippen MR) is 77.0 cm³/mol. The SMILES string of the molecule is C=C(C(C)C(C)CCC)N1CCC(CC)CC1. The van der Waals surface area contributed by atoms with E-state index in [2.05, 4.69) is 39.2 Å². The molecule has 1 fully saturated rings. The smallest absolute Gasteiger partial charge is 0.0177 e. The van der Waals surface area contributed by atoms with Crippen molar-refractivity contribution in [3.63, 3.8) is 0 Å². The van der Waals surface area contributed by atoms with Crippen molar-refractivity contribution in [2.75, 3.05) is 13.1 Å². The fraction of sp³-hybridized carbons (Fsp3) is 0.875. The van der Waals surface area contributed by atoms with E-state index in [0.29, 0.717) is 5.92 Å². The third kappa shape index (κ3) is 4.04. The number of piperidine rings is 1. The molecule has 1 saturated heterocycles. The molecule has 0 amide bonds. The van der Waals surface area contributed by atoms with Crippen LogP contribution in [0.15, 0.2) is 12.3 Å². The lowest BCUT2D eigenvalue weighted by Gasteiger charge is -2.38. The minimum absolute atomic E-state index is 0.646. The highest BCUT2D eigenvalue weighted by Crippen LogP contribution is 2.29. The lowest BCUT2D eigenvalue weighted by Crippen LogP contribution is -2.35. The van der Waals surface area contributed by atoms with Gasteiger partial charge in [0.2, 0.25) is 0 Å². The molecule has 0 aliphatic carbocycles. The van der Waals surface area contributed by atoms with Crippen LogP contribution < -0.4 is 0 Å². The first kappa shape index (κ1) is 14.6. The van der Waals surface area contributed by atoms with Crippen LogP contribution in [0.5, 0.6) is 0 Å². The second-order valence-corrected chi connectivity index (χ2v) is 5.88. The van der Waals surface area contributed by atoms with E-state index >= 15 is 0 Å². The van der Waals surface area contributed by atoms with Gasteiger partial charge in [0.25, 0.3) is 0 Å². The molecule has 1 aliphatic heterocycles. The summed E-state index contributed by atoms with van der Waals surface area (Å²) in [4.78, 5) is 2.54. The van der Waals surface area contributed by atoms with E-state index in [9.17, 15) is 0 Å². The molecule has 1 aliphatic rings. The van der Waals surface area contributed by atoms with Crippen LogP contribution in [0, 0.1) is 17.8 Å². The minimum Gasteiger partial charge on any atom is -0.375 e. The van der Waals surface area contributed by atoms with Gasteiger partial charge in [0.1, 0.15) is 0 Å². The molecule has 17 heavy (non-hydrogen) atoms. The minimum atomic E-state index is 0.646. The van der Waals surface area contributed by atoms with Crippen LogP contribution in [0.2, 0.25) is 0 Å². The van der Waals surface area contributed by atoms with Gasteiger partial charge >= 0.3 is 0 Å². The highest BCUT2D eigenvalue weighted by molar-refractivity contribution is 5.01. The molecule has 2 atom stereocenters. The van der Waals surface area contributed by atoms with Gasteiger partial charge in [-0.25, -0.2) is 0 Å². The fourth-order valence-corrected chi connectivity index (χ4v) is 2.95. The standard InChI is InChI=1S/C16H31N/c1-6-8-13(3)14(4)15(5)17-11-9-16(7-2)10-12-17/h13-14,16H,5-12H2,1-4H3. The van der Waals surface area contributed by atoms with E-state index in [4.69, 9.17) is 0 Å². The van der Waals surface area contributed by atoms with Crippen LogP contribution in [0.4, 0.5) is 0 Å². The Hall–Kier alpha value is -0.460. The maximum absolute atomic E-state index is 4.36. The number of rotatable bonds is 6. The van der Waals surface area contributed by atoms with Crippen molar-refractivity contribution in [1.29, 1.82) is 0 Å². The molecule has 0 bridgehead atoms. The van der Waals surface area contributed by atoms with Crippen LogP contribution in [-0.4, -0.2) is 18.0 Å². The van der Waals surface area contributed by atoms with Crippen molar-refractivity contribution in [1.82, 2.24) is 4.90 Å². The van der Waals surface area contributed by atoms with Crippen molar-refractivity contribution >= 4 is 0 Å². The molecule has 100 valence electrons. The highest BCUT2D eigenvalue weighted by atomic mass is 15.1. The van der Waals surface area contributed by atoms with Gasteiger partial charge in [0.15, 0.2) is 0 Å². The molecule has 1 rings (SSSR count). The monoisotopic (exact) mass is 237 g/mol. The van der Waals surface area contributed by atoms with Crippen molar-refractivity contribution in [2.24, 2.45) is 17.8 Å². The summed E-state index contributed by atoms with van der Waals surface area (Å²) in [5.41, 5.74) is 1.39. The Labute approximate surface area is 108 Å². The zero-order valence-corrected chi connectivity index (χ0v) is 12.3. The van der Waals surface area contributed by atoms with Crippen molar-refractivity contribution in [3.8, 4) is 0 Å². The van der Waals surface area contributed by atoms with Gasteiger partial charge in [-0.15, -0.1) is 0 Å². The Balaban J connectivity index is 2.42. The summed E-state index contributed by atoms with van der Waals surface area (Å²) in [7, 11) is 0. The third-order valence-corrected chi connectivity index (χ3v) is 4.72. The quantitative estimate of drug-likeness (QED) is 0.647. The average molecular weight is 237 g/mol. The molecular formula is C16H31N. The number of allylic oxidation sites excluding steroid dienone is 1. The van der Waals surface area contributed by atoms with Crippen LogP contribution in [-0.2, 0) is 0 Å². The summed E-state index contributed by atoms with van der Waals surface area (Å²) in [5, 5.41) is 0. The zero-order valence-electron chi connectivity index (χ0n) is 12.3. The van der Waals surface area contributed by atoms with Crippen LogP contribution in [0.3, 0.4) is 0 Å². The van der Waals surface area contributed by atoms with Crippen molar-refractivity contribution < 1.29 is 0 Å². The van der Waals surface area contributed by atoms with E-state index < -0.39 is 0 Å². The Morgan fingerprint density at radius 3 is 2.29 bits per heavy atom.